The maximum atomic E-state index is 11.0. The maximum Gasteiger partial charge on any atom is 0.268 e. The zero-order valence-corrected chi connectivity index (χ0v) is 9.00. The number of benzene rings is 1. The van der Waals surface area contributed by atoms with Gasteiger partial charge in [0, 0.05) is 5.69 Å². The van der Waals surface area contributed by atoms with Crippen LogP contribution in [0.2, 0.25) is 0 Å². The summed E-state index contributed by atoms with van der Waals surface area (Å²) in [6.45, 7) is 0. The van der Waals surface area contributed by atoms with Crippen molar-refractivity contribution >= 4 is 15.8 Å². The quantitative estimate of drug-likeness (QED) is 0.554. The predicted octanol–water partition coefficient (Wildman–Crippen LogP) is 1.01. The smallest absolute Gasteiger partial charge is 0.268 e. The number of aryl methyl sites for hydroxylation is 1. The molecule has 1 aliphatic carbocycles. The first-order chi connectivity index (χ1) is 6.98. The lowest BCUT2D eigenvalue weighted by atomic mass is 9.90. The lowest BCUT2D eigenvalue weighted by Crippen LogP contribution is -2.28. The zero-order chi connectivity index (χ0) is 11.1. The number of anilines is 1. The molecule has 2 rings (SSSR count). The van der Waals surface area contributed by atoms with Gasteiger partial charge in [0.05, 0.1) is 5.25 Å². The third-order valence-electron chi connectivity index (χ3n) is 2.90. The van der Waals surface area contributed by atoms with Gasteiger partial charge in [-0.2, -0.15) is 8.42 Å². The number of nitrogens with two attached hydrogens (primary N) is 1. The molecule has 0 fully saturated rings. The van der Waals surface area contributed by atoms with Crippen LogP contribution in [0.15, 0.2) is 18.2 Å². The van der Waals surface area contributed by atoms with E-state index in [9.17, 15) is 8.42 Å². The molecular formula is C10H13NO3S. The molecular weight excluding hydrogens is 214 g/mol. The average Bonchev–Trinajstić information content (AvgIpc) is 2.16. The molecule has 0 aliphatic heterocycles. The molecule has 5 heteroatoms. The Labute approximate surface area is 88.9 Å². The summed E-state index contributed by atoms with van der Waals surface area (Å²) in [6, 6.07) is 5.57. The van der Waals surface area contributed by atoms with Crippen LogP contribution < -0.4 is 5.73 Å². The van der Waals surface area contributed by atoms with E-state index >= 15 is 0 Å². The van der Waals surface area contributed by atoms with Gasteiger partial charge in [-0.1, -0.05) is 12.1 Å². The second-order valence-electron chi connectivity index (χ2n) is 3.86. The van der Waals surface area contributed by atoms with Crippen molar-refractivity contribution < 1.29 is 13.0 Å². The molecule has 0 amide bonds. The predicted molar refractivity (Wildman–Crippen MR) is 58.2 cm³/mol. The van der Waals surface area contributed by atoms with E-state index in [0.29, 0.717) is 24.9 Å². The fourth-order valence-electron chi connectivity index (χ4n) is 2.04. The Morgan fingerprint density at radius 3 is 2.80 bits per heavy atom. The van der Waals surface area contributed by atoms with Gasteiger partial charge in [0.25, 0.3) is 10.1 Å². The summed E-state index contributed by atoms with van der Waals surface area (Å²) in [5.74, 6) is 0. The van der Waals surface area contributed by atoms with E-state index in [-0.39, 0.29) is 0 Å². The number of fused-ring (bicyclic) bond motifs is 1. The van der Waals surface area contributed by atoms with Crippen molar-refractivity contribution in [2.45, 2.75) is 24.5 Å². The van der Waals surface area contributed by atoms with Crippen LogP contribution in [0.1, 0.15) is 17.5 Å². The van der Waals surface area contributed by atoms with Gasteiger partial charge >= 0.3 is 0 Å². The van der Waals surface area contributed by atoms with Crippen LogP contribution >= 0.6 is 0 Å². The highest BCUT2D eigenvalue weighted by Gasteiger charge is 2.28. The lowest BCUT2D eigenvalue weighted by molar-refractivity contribution is 0.457. The van der Waals surface area contributed by atoms with Gasteiger partial charge in [-0.3, -0.25) is 4.55 Å². The number of rotatable bonds is 1. The summed E-state index contributed by atoms with van der Waals surface area (Å²) in [4.78, 5) is 0. The average molecular weight is 227 g/mol. The van der Waals surface area contributed by atoms with Gasteiger partial charge in [0.1, 0.15) is 0 Å². The Kier molecular flexibility index (Phi) is 2.44. The minimum absolute atomic E-state index is 0.320. The SMILES string of the molecule is Nc1cccc2c1CC(S(=O)(=O)O)CC2. The van der Waals surface area contributed by atoms with E-state index in [1.165, 1.54) is 0 Å². The van der Waals surface area contributed by atoms with Crippen molar-refractivity contribution in [2.75, 3.05) is 5.73 Å². The number of hydrogen-bond donors (Lipinski definition) is 2. The summed E-state index contributed by atoms with van der Waals surface area (Å²) in [5.41, 5.74) is 8.34. The van der Waals surface area contributed by atoms with Crippen molar-refractivity contribution in [1.82, 2.24) is 0 Å². The van der Waals surface area contributed by atoms with E-state index in [1.54, 1.807) is 6.07 Å². The molecule has 15 heavy (non-hydrogen) atoms. The van der Waals surface area contributed by atoms with Crippen LogP contribution in [0.4, 0.5) is 5.69 Å². The Balaban J connectivity index is 2.38. The molecule has 0 heterocycles. The molecule has 0 saturated carbocycles. The maximum absolute atomic E-state index is 11.0. The number of nitrogen functional groups attached to an aromatic ring is 1. The molecule has 1 aliphatic rings. The van der Waals surface area contributed by atoms with Crippen LogP contribution in [0.5, 0.6) is 0 Å². The number of hydrogen-bond acceptors (Lipinski definition) is 3. The first kappa shape index (κ1) is 10.4. The Morgan fingerprint density at radius 1 is 1.40 bits per heavy atom. The third-order valence-corrected chi connectivity index (χ3v) is 4.14. The molecule has 1 aromatic rings. The molecule has 1 unspecified atom stereocenters. The largest absolute Gasteiger partial charge is 0.398 e. The second-order valence-corrected chi connectivity index (χ2v) is 5.56. The first-order valence-electron chi connectivity index (χ1n) is 4.81. The molecule has 0 aromatic heterocycles. The molecule has 4 nitrogen and oxygen atoms in total. The highest BCUT2D eigenvalue weighted by molar-refractivity contribution is 7.86. The van der Waals surface area contributed by atoms with E-state index in [2.05, 4.69) is 0 Å². The van der Waals surface area contributed by atoms with E-state index in [0.717, 1.165) is 11.1 Å². The van der Waals surface area contributed by atoms with Gasteiger partial charge in [-0.25, -0.2) is 0 Å². The first-order valence-corrected chi connectivity index (χ1v) is 6.31. The van der Waals surface area contributed by atoms with Crippen molar-refractivity contribution in [3.05, 3.63) is 29.3 Å². The summed E-state index contributed by atoms with van der Waals surface area (Å²) < 4.78 is 31.0. The molecule has 82 valence electrons. The van der Waals surface area contributed by atoms with Gasteiger partial charge in [0.15, 0.2) is 0 Å². The van der Waals surface area contributed by atoms with Gasteiger partial charge in [0.2, 0.25) is 0 Å². The normalized spacial score (nSPS) is 21.0. The lowest BCUT2D eigenvalue weighted by Gasteiger charge is -2.23. The fourth-order valence-corrected chi connectivity index (χ4v) is 2.83. The van der Waals surface area contributed by atoms with Crippen LogP contribution in [-0.4, -0.2) is 18.2 Å². The van der Waals surface area contributed by atoms with E-state index < -0.39 is 15.4 Å². The molecule has 0 saturated heterocycles. The summed E-state index contributed by atoms with van der Waals surface area (Å²) >= 11 is 0. The van der Waals surface area contributed by atoms with Crippen LogP contribution in [-0.2, 0) is 23.0 Å². The second kappa shape index (κ2) is 3.50. The molecule has 0 bridgehead atoms. The highest BCUT2D eigenvalue weighted by Crippen LogP contribution is 2.28. The molecule has 1 aromatic carbocycles. The monoisotopic (exact) mass is 227 g/mol. The molecule has 0 spiro atoms. The van der Waals surface area contributed by atoms with E-state index in [4.69, 9.17) is 10.3 Å². The Bertz CT molecular complexity index is 481. The van der Waals surface area contributed by atoms with Gasteiger partial charge < -0.3 is 5.73 Å². The van der Waals surface area contributed by atoms with Crippen LogP contribution in [0.25, 0.3) is 0 Å². The van der Waals surface area contributed by atoms with Gasteiger partial charge in [-0.05, 0) is 36.5 Å². The van der Waals surface area contributed by atoms with Crippen LogP contribution in [0.3, 0.4) is 0 Å². The van der Waals surface area contributed by atoms with Crippen molar-refractivity contribution in [3.63, 3.8) is 0 Å². The summed E-state index contributed by atoms with van der Waals surface area (Å²) in [6.07, 6.45) is 1.45. The molecule has 1 atom stereocenters. The van der Waals surface area contributed by atoms with E-state index in [1.807, 2.05) is 12.1 Å². The van der Waals surface area contributed by atoms with Crippen molar-refractivity contribution in [2.24, 2.45) is 0 Å². The Morgan fingerprint density at radius 2 is 2.13 bits per heavy atom. The zero-order valence-electron chi connectivity index (χ0n) is 8.18. The van der Waals surface area contributed by atoms with Gasteiger partial charge in [-0.15, -0.1) is 0 Å². The molecule has 0 radical (unpaired) electrons. The third kappa shape index (κ3) is 1.98. The summed E-state index contributed by atoms with van der Waals surface area (Å²) in [7, 11) is -3.94. The Hall–Kier alpha value is -1.07. The highest BCUT2D eigenvalue weighted by atomic mass is 32.2. The van der Waals surface area contributed by atoms with Crippen molar-refractivity contribution in [3.8, 4) is 0 Å². The molecule has 3 N–H and O–H groups in total. The summed E-state index contributed by atoms with van der Waals surface area (Å²) in [5, 5.41) is -0.699. The van der Waals surface area contributed by atoms with Crippen LogP contribution in [0, 0.1) is 0 Å². The minimum Gasteiger partial charge on any atom is -0.398 e. The minimum atomic E-state index is -3.94. The topological polar surface area (TPSA) is 80.4 Å². The van der Waals surface area contributed by atoms with Crippen molar-refractivity contribution in [1.29, 1.82) is 0 Å². The standard InChI is InChI=1S/C10H13NO3S/c11-10-3-1-2-7-4-5-8(6-9(7)10)15(12,13)14/h1-3,8H,4-6,11H2,(H,12,13,14). The fraction of sp³-hybridized carbons (Fsp3) is 0.400.